The van der Waals surface area contributed by atoms with Crippen molar-refractivity contribution in [1.82, 2.24) is 0 Å². The molecular weight excluding hydrogens is 144 g/mol. The van der Waals surface area contributed by atoms with E-state index in [4.69, 9.17) is 4.74 Å². The van der Waals surface area contributed by atoms with Crippen molar-refractivity contribution < 1.29 is 14.6 Å². The van der Waals surface area contributed by atoms with Crippen LogP contribution < -0.4 is 0 Å². The van der Waals surface area contributed by atoms with Crippen LogP contribution in [0.3, 0.4) is 0 Å². The summed E-state index contributed by atoms with van der Waals surface area (Å²) in [6, 6.07) is 0. The van der Waals surface area contributed by atoms with Gasteiger partial charge in [0.05, 0.1) is 0 Å². The highest BCUT2D eigenvalue weighted by atomic mass is 16.5. The summed E-state index contributed by atoms with van der Waals surface area (Å²) in [5.41, 5.74) is 0. The molecule has 1 aliphatic heterocycles. The van der Waals surface area contributed by atoms with Gasteiger partial charge in [0.25, 0.3) is 0 Å². The topological polar surface area (TPSA) is 46.5 Å². The summed E-state index contributed by atoms with van der Waals surface area (Å²) in [5.74, 6) is -0.0207. The monoisotopic (exact) mass is 156 g/mol. The fourth-order valence-electron chi connectivity index (χ4n) is 1.02. The molecular formula is C8H12O3. The van der Waals surface area contributed by atoms with Crippen LogP contribution in [-0.2, 0) is 9.53 Å². The number of hydrogen-bond acceptors (Lipinski definition) is 3. The van der Waals surface area contributed by atoms with E-state index in [-0.39, 0.29) is 17.5 Å². The number of aliphatic hydroxyl groups is 1. The Balaban J connectivity index is 2.89. The maximum atomic E-state index is 11.0. The van der Waals surface area contributed by atoms with Crippen LogP contribution in [0.15, 0.2) is 11.5 Å². The van der Waals surface area contributed by atoms with Gasteiger partial charge in [-0.2, -0.15) is 0 Å². The van der Waals surface area contributed by atoms with Crippen LogP contribution in [0.2, 0.25) is 0 Å². The molecule has 0 aromatic rings. The normalized spacial score (nSPS) is 24.7. The van der Waals surface area contributed by atoms with E-state index in [0.29, 0.717) is 5.76 Å². The zero-order valence-electron chi connectivity index (χ0n) is 6.92. The summed E-state index contributed by atoms with van der Waals surface area (Å²) in [4.78, 5) is 11.0. The van der Waals surface area contributed by atoms with E-state index in [9.17, 15) is 9.90 Å². The molecule has 3 heteroatoms. The van der Waals surface area contributed by atoms with Crippen LogP contribution in [0, 0.1) is 5.92 Å². The molecule has 0 bridgehead atoms. The van der Waals surface area contributed by atoms with E-state index in [1.807, 2.05) is 13.8 Å². The zero-order valence-corrected chi connectivity index (χ0v) is 6.92. The van der Waals surface area contributed by atoms with Crippen LogP contribution in [0.1, 0.15) is 20.8 Å². The Kier molecular flexibility index (Phi) is 1.89. The number of allylic oxidation sites excluding steroid dienone is 1. The molecule has 0 fully saturated rings. The van der Waals surface area contributed by atoms with Crippen LogP contribution in [0.4, 0.5) is 0 Å². The maximum Gasteiger partial charge on any atom is 0.240 e. The first-order valence-corrected chi connectivity index (χ1v) is 3.68. The van der Waals surface area contributed by atoms with Gasteiger partial charge in [0.2, 0.25) is 11.5 Å². The summed E-state index contributed by atoms with van der Waals surface area (Å²) in [6.07, 6.45) is -0.507. The zero-order chi connectivity index (χ0) is 8.59. The summed E-state index contributed by atoms with van der Waals surface area (Å²) in [6.45, 7) is 5.38. The second-order valence-corrected chi connectivity index (χ2v) is 2.99. The van der Waals surface area contributed by atoms with Gasteiger partial charge in [0, 0.05) is 5.92 Å². The van der Waals surface area contributed by atoms with Crippen molar-refractivity contribution in [3.05, 3.63) is 11.5 Å². The van der Waals surface area contributed by atoms with Gasteiger partial charge in [-0.15, -0.1) is 0 Å². The second-order valence-electron chi connectivity index (χ2n) is 2.99. The van der Waals surface area contributed by atoms with E-state index in [2.05, 4.69) is 0 Å². The van der Waals surface area contributed by atoms with Gasteiger partial charge >= 0.3 is 0 Å². The summed E-state index contributed by atoms with van der Waals surface area (Å²) in [5, 5.41) is 9.20. The molecule has 0 spiro atoms. The number of ketones is 1. The van der Waals surface area contributed by atoms with Crippen molar-refractivity contribution >= 4 is 5.78 Å². The summed E-state index contributed by atoms with van der Waals surface area (Å²) >= 11 is 0. The number of hydrogen-bond donors (Lipinski definition) is 1. The van der Waals surface area contributed by atoms with Gasteiger partial charge in [-0.1, -0.05) is 13.8 Å². The van der Waals surface area contributed by atoms with Crippen LogP contribution >= 0.6 is 0 Å². The molecule has 1 atom stereocenters. The van der Waals surface area contributed by atoms with Crippen LogP contribution in [0.25, 0.3) is 0 Å². The number of ether oxygens (including phenoxy) is 1. The Bertz CT molecular complexity index is 215. The Hall–Kier alpha value is -0.990. The third-order valence-corrected chi connectivity index (χ3v) is 1.66. The lowest BCUT2D eigenvalue weighted by Gasteiger charge is -2.08. The first kappa shape index (κ1) is 8.11. The molecule has 62 valence electrons. The third-order valence-electron chi connectivity index (χ3n) is 1.66. The highest BCUT2D eigenvalue weighted by Gasteiger charge is 2.32. The van der Waals surface area contributed by atoms with Crippen LogP contribution in [-0.4, -0.2) is 17.0 Å². The summed E-state index contributed by atoms with van der Waals surface area (Å²) < 4.78 is 5.13. The Morgan fingerprint density at radius 1 is 1.55 bits per heavy atom. The van der Waals surface area contributed by atoms with Crippen molar-refractivity contribution in [3.8, 4) is 0 Å². The van der Waals surface area contributed by atoms with Gasteiger partial charge < -0.3 is 9.84 Å². The van der Waals surface area contributed by atoms with E-state index in [1.54, 1.807) is 6.92 Å². The fraction of sp³-hybridized carbons (Fsp3) is 0.625. The largest absolute Gasteiger partial charge is 0.502 e. The molecule has 0 aromatic carbocycles. The minimum atomic E-state index is -0.507. The lowest BCUT2D eigenvalue weighted by atomic mass is 10.1. The van der Waals surface area contributed by atoms with Crippen molar-refractivity contribution in [2.45, 2.75) is 26.9 Å². The fourth-order valence-corrected chi connectivity index (χ4v) is 1.02. The molecule has 3 nitrogen and oxygen atoms in total. The standard InChI is InChI=1S/C8H12O3/c1-4(2)8-7(10)6(9)5(3)11-8/h4-5,10H,1-3H3. The number of Topliss-reactive ketones (excluding diaryl/α,β-unsaturated/α-hetero) is 1. The first-order chi connectivity index (χ1) is 5.04. The van der Waals surface area contributed by atoms with Gasteiger partial charge in [-0.05, 0) is 6.92 Å². The van der Waals surface area contributed by atoms with Crippen molar-refractivity contribution in [3.63, 3.8) is 0 Å². The molecule has 0 saturated carbocycles. The minimum absolute atomic E-state index is 0.0731. The minimum Gasteiger partial charge on any atom is -0.502 e. The Morgan fingerprint density at radius 3 is 2.27 bits per heavy atom. The van der Waals surface area contributed by atoms with Crippen LogP contribution in [0.5, 0.6) is 0 Å². The predicted molar refractivity (Wildman–Crippen MR) is 40.0 cm³/mol. The van der Waals surface area contributed by atoms with Gasteiger partial charge in [0.15, 0.2) is 6.10 Å². The van der Waals surface area contributed by atoms with Crippen molar-refractivity contribution in [2.24, 2.45) is 5.92 Å². The molecule has 1 N–H and O–H groups in total. The average Bonchev–Trinajstić information content (AvgIpc) is 2.17. The number of aliphatic hydroxyl groups excluding tert-OH is 1. The SMILES string of the molecule is CC(C)C1=C(O)C(=O)C(C)O1. The molecule has 1 unspecified atom stereocenters. The lowest BCUT2D eigenvalue weighted by Crippen LogP contribution is -2.13. The molecule has 11 heavy (non-hydrogen) atoms. The number of carbonyl (C=O) groups excluding carboxylic acids is 1. The highest BCUT2D eigenvalue weighted by molar-refractivity contribution is 5.98. The highest BCUT2D eigenvalue weighted by Crippen LogP contribution is 2.25. The Morgan fingerprint density at radius 2 is 2.09 bits per heavy atom. The van der Waals surface area contributed by atoms with Gasteiger partial charge in [0.1, 0.15) is 5.76 Å². The van der Waals surface area contributed by atoms with Gasteiger partial charge in [-0.25, -0.2) is 0 Å². The second kappa shape index (κ2) is 2.57. The molecule has 1 aliphatic rings. The van der Waals surface area contributed by atoms with Crippen molar-refractivity contribution in [1.29, 1.82) is 0 Å². The number of carbonyl (C=O) groups is 1. The van der Waals surface area contributed by atoms with Gasteiger partial charge in [-0.3, -0.25) is 4.79 Å². The first-order valence-electron chi connectivity index (χ1n) is 3.68. The maximum absolute atomic E-state index is 11.0. The van der Waals surface area contributed by atoms with E-state index >= 15 is 0 Å². The third kappa shape index (κ3) is 1.23. The predicted octanol–water partition coefficient (Wildman–Crippen LogP) is 1.40. The molecule has 0 radical (unpaired) electrons. The smallest absolute Gasteiger partial charge is 0.240 e. The molecule has 0 saturated heterocycles. The number of rotatable bonds is 1. The van der Waals surface area contributed by atoms with E-state index < -0.39 is 6.10 Å². The molecule has 0 aliphatic carbocycles. The molecule has 0 aromatic heterocycles. The quantitative estimate of drug-likeness (QED) is 0.624. The lowest BCUT2D eigenvalue weighted by molar-refractivity contribution is -0.122. The Labute approximate surface area is 65.7 Å². The molecule has 1 rings (SSSR count). The molecule has 1 heterocycles. The summed E-state index contributed by atoms with van der Waals surface area (Å²) in [7, 11) is 0. The average molecular weight is 156 g/mol. The van der Waals surface area contributed by atoms with E-state index in [0.717, 1.165) is 0 Å². The van der Waals surface area contributed by atoms with Crippen molar-refractivity contribution in [2.75, 3.05) is 0 Å². The molecule has 0 amide bonds. The van der Waals surface area contributed by atoms with E-state index in [1.165, 1.54) is 0 Å².